The highest BCUT2D eigenvalue weighted by atomic mass is 32.1. The van der Waals surface area contributed by atoms with Crippen LogP contribution in [0.1, 0.15) is 31.8 Å². The molecule has 0 radical (unpaired) electrons. The average molecular weight is 392 g/mol. The number of pyridine rings is 1. The third-order valence-corrected chi connectivity index (χ3v) is 5.30. The Morgan fingerprint density at radius 3 is 2.68 bits per heavy atom. The highest BCUT2D eigenvalue weighted by molar-refractivity contribution is 7.13. The number of amides is 3. The van der Waals surface area contributed by atoms with Gasteiger partial charge in [-0.1, -0.05) is 6.07 Å². The lowest BCUT2D eigenvalue weighted by molar-refractivity contribution is -0.115. The minimum absolute atomic E-state index is 0.0210. The minimum Gasteiger partial charge on any atom is -0.310 e. The summed E-state index contributed by atoms with van der Waals surface area (Å²) >= 11 is 1.51. The molecule has 3 aromatic rings. The van der Waals surface area contributed by atoms with Crippen molar-refractivity contribution >= 4 is 34.9 Å². The van der Waals surface area contributed by atoms with Gasteiger partial charge in [-0.2, -0.15) is 0 Å². The number of hydrogen-bond acceptors (Lipinski definition) is 6. The van der Waals surface area contributed by atoms with Crippen molar-refractivity contribution < 1.29 is 14.4 Å². The van der Waals surface area contributed by atoms with E-state index in [9.17, 15) is 14.4 Å². The van der Waals surface area contributed by atoms with Crippen LogP contribution in [-0.2, 0) is 11.2 Å². The first-order chi connectivity index (χ1) is 13.4. The van der Waals surface area contributed by atoms with Crippen LogP contribution in [0.2, 0.25) is 0 Å². The standard InChI is InChI=1S/C20H16N4O3S/c1-11-7-13(17-14(8-11)19(26)24(2)20(17)27)9-16(25)23-15-4-3-12(10-22-15)18-21-5-6-28-18/h3-8,10H,9H2,1-2H3,(H,22,23,25). The summed E-state index contributed by atoms with van der Waals surface area (Å²) in [6.07, 6.45) is 3.35. The maximum atomic E-state index is 12.5. The Morgan fingerprint density at radius 1 is 1.18 bits per heavy atom. The van der Waals surface area contributed by atoms with Crippen molar-refractivity contribution in [2.24, 2.45) is 0 Å². The molecule has 8 heteroatoms. The Morgan fingerprint density at radius 2 is 2.00 bits per heavy atom. The lowest BCUT2D eigenvalue weighted by atomic mass is 9.97. The molecule has 0 saturated carbocycles. The SMILES string of the molecule is Cc1cc(CC(=O)Nc2ccc(-c3nccs3)cn2)c2c(c1)C(=O)N(C)C2=O. The van der Waals surface area contributed by atoms with Gasteiger partial charge in [-0.15, -0.1) is 11.3 Å². The molecule has 140 valence electrons. The molecule has 1 N–H and O–H groups in total. The first-order valence-corrected chi connectivity index (χ1v) is 9.43. The fourth-order valence-corrected chi connectivity index (χ4v) is 3.81. The summed E-state index contributed by atoms with van der Waals surface area (Å²) in [7, 11) is 1.44. The Labute approximate surface area is 165 Å². The number of aromatic nitrogens is 2. The molecule has 7 nitrogen and oxygen atoms in total. The van der Waals surface area contributed by atoms with Crippen LogP contribution >= 0.6 is 11.3 Å². The number of benzene rings is 1. The molecule has 28 heavy (non-hydrogen) atoms. The second-order valence-electron chi connectivity index (χ2n) is 6.51. The number of rotatable bonds is 4. The average Bonchev–Trinajstić information content (AvgIpc) is 3.27. The Bertz CT molecular complexity index is 1090. The number of carbonyl (C=O) groups is 3. The summed E-state index contributed by atoms with van der Waals surface area (Å²) in [6, 6.07) is 6.99. The molecule has 0 aliphatic carbocycles. The van der Waals surface area contributed by atoms with Gasteiger partial charge in [-0.25, -0.2) is 9.97 Å². The van der Waals surface area contributed by atoms with Crippen molar-refractivity contribution in [2.45, 2.75) is 13.3 Å². The van der Waals surface area contributed by atoms with E-state index in [4.69, 9.17) is 0 Å². The van der Waals surface area contributed by atoms with E-state index in [0.717, 1.165) is 21.0 Å². The summed E-state index contributed by atoms with van der Waals surface area (Å²) in [5.74, 6) is -0.621. The predicted octanol–water partition coefficient (Wildman–Crippen LogP) is 2.92. The van der Waals surface area contributed by atoms with Crippen LogP contribution in [0.3, 0.4) is 0 Å². The molecule has 0 unspecified atom stereocenters. The molecule has 3 amide bonds. The number of hydrogen-bond donors (Lipinski definition) is 1. The second kappa shape index (κ2) is 6.97. The zero-order valence-corrected chi connectivity index (χ0v) is 16.0. The lowest BCUT2D eigenvalue weighted by Gasteiger charge is -2.09. The van der Waals surface area contributed by atoms with Crippen molar-refractivity contribution in [3.05, 3.63) is 64.3 Å². The second-order valence-corrected chi connectivity index (χ2v) is 7.40. The van der Waals surface area contributed by atoms with Crippen LogP contribution in [0.15, 0.2) is 42.0 Å². The molecule has 4 rings (SSSR count). The highest BCUT2D eigenvalue weighted by Crippen LogP contribution is 2.27. The zero-order chi connectivity index (χ0) is 19.8. The molecule has 0 bridgehead atoms. The van der Waals surface area contributed by atoms with E-state index in [-0.39, 0.29) is 24.1 Å². The Kier molecular flexibility index (Phi) is 4.48. The number of fused-ring (bicyclic) bond motifs is 1. The summed E-state index contributed by atoms with van der Waals surface area (Å²) in [6.45, 7) is 1.83. The van der Waals surface area contributed by atoms with E-state index in [1.54, 1.807) is 30.6 Å². The number of nitrogens with one attached hydrogen (secondary N) is 1. The molecular formula is C20H16N4O3S. The lowest BCUT2D eigenvalue weighted by Crippen LogP contribution is -2.24. The van der Waals surface area contributed by atoms with Gasteiger partial charge in [0.2, 0.25) is 5.91 Å². The molecule has 0 atom stereocenters. The predicted molar refractivity (Wildman–Crippen MR) is 105 cm³/mol. The fourth-order valence-electron chi connectivity index (χ4n) is 3.18. The third-order valence-electron chi connectivity index (χ3n) is 4.48. The van der Waals surface area contributed by atoms with Gasteiger partial charge in [-0.05, 0) is 36.2 Å². The number of thiazole rings is 1. The first kappa shape index (κ1) is 18.0. The number of imide groups is 1. The van der Waals surface area contributed by atoms with Crippen LogP contribution in [0, 0.1) is 6.92 Å². The summed E-state index contributed by atoms with van der Waals surface area (Å²) in [4.78, 5) is 46.6. The number of aryl methyl sites for hydroxylation is 1. The van der Waals surface area contributed by atoms with Gasteiger partial charge in [0.1, 0.15) is 10.8 Å². The van der Waals surface area contributed by atoms with Crippen molar-refractivity contribution in [3.8, 4) is 10.6 Å². The Balaban J connectivity index is 1.53. The summed E-state index contributed by atoms with van der Waals surface area (Å²) in [5.41, 5.74) is 2.89. The number of nitrogens with zero attached hydrogens (tertiary/aromatic N) is 3. The molecule has 0 saturated heterocycles. The topological polar surface area (TPSA) is 92.3 Å². The largest absolute Gasteiger partial charge is 0.310 e. The van der Waals surface area contributed by atoms with Gasteiger partial charge in [0.15, 0.2) is 0 Å². The molecule has 3 heterocycles. The normalized spacial score (nSPS) is 13.0. The summed E-state index contributed by atoms with van der Waals surface area (Å²) < 4.78 is 0. The van der Waals surface area contributed by atoms with Crippen molar-refractivity contribution in [3.63, 3.8) is 0 Å². The monoisotopic (exact) mass is 392 g/mol. The molecule has 2 aromatic heterocycles. The van der Waals surface area contributed by atoms with Crippen molar-refractivity contribution in [1.29, 1.82) is 0 Å². The van der Waals surface area contributed by atoms with E-state index in [1.165, 1.54) is 18.4 Å². The number of carbonyl (C=O) groups excluding carboxylic acids is 3. The van der Waals surface area contributed by atoms with Crippen LogP contribution in [-0.4, -0.2) is 39.6 Å². The maximum absolute atomic E-state index is 12.5. The molecule has 0 spiro atoms. The van der Waals surface area contributed by atoms with Crippen LogP contribution in [0.4, 0.5) is 5.82 Å². The highest BCUT2D eigenvalue weighted by Gasteiger charge is 2.35. The third kappa shape index (κ3) is 3.18. The van der Waals surface area contributed by atoms with Gasteiger partial charge in [0.05, 0.1) is 17.5 Å². The van der Waals surface area contributed by atoms with Gasteiger partial charge in [-0.3, -0.25) is 19.3 Å². The molecule has 1 aromatic carbocycles. The fraction of sp³-hybridized carbons (Fsp3) is 0.150. The first-order valence-electron chi connectivity index (χ1n) is 8.55. The van der Waals surface area contributed by atoms with Crippen LogP contribution < -0.4 is 5.32 Å². The summed E-state index contributed by atoms with van der Waals surface area (Å²) in [5, 5.41) is 5.47. The quantitative estimate of drug-likeness (QED) is 0.689. The van der Waals surface area contributed by atoms with E-state index >= 15 is 0 Å². The zero-order valence-electron chi connectivity index (χ0n) is 15.2. The molecule has 1 aliphatic heterocycles. The Hall–Kier alpha value is -3.39. The van der Waals surface area contributed by atoms with E-state index < -0.39 is 0 Å². The van der Waals surface area contributed by atoms with Gasteiger partial charge >= 0.3 is 0 Å². The van der Waals surface area contributed by atoms with Gasteiger partial charge in [0.25, 0.3) is 11.8 Å². The molecular weight excluding hydrogens is 376 g/mol. The van der Waals surface area contributed by atoms with E-state index in [2.05, 4.69) is 15.3 Å². The van der Waals surface area contributed by atoms with Crippen LogP contribution in [0.5, 0.6) is 0 Å². The van der Waals surface area contributed by atoms with Crippen LogP contribution in [0.25, 0.3) is 10.6 Å². The van der Waals surface area contributed by atoms with Gasteiger partial charge < -0.3 is 5.32 Å². The van der Waals surface area contributed by atoms with Gasteiger partial charge in [0, 0.05) is 30.4 Å². The number of anilines is 1. The van der Waals surface area contributed by atoms with E-state index in [0.29, 0.717) is 22.5 Å². The maximum Gasteiger partial charge on any atom is 0.261 e. The van der Waals surface area contributed by atoms with Crippen molar-refractivity contribution in [1.82, 2.24) is 14.9 Å². The van der Waals surface area contributed by atoms with E-state index in [1.807, 2.05) is 18.4 Å². The minimum atomic E-state index is -0.381. The molecule has 0 fully saturated rings. The van der Waals surface area contributed by atoms with Crippen molar-refractivity contribution in [2.75, 3.05) is 12.4 Å². The smallest absolute Gasteiger partial charge is 0.261 e. The molecule has 1 aliphatic rings.